The average molecular weight is 253 g/mol. The number of nitrogen functional groups attached to an aromatic ring is 1. The van der Waals surface area contributed by atoms with Crippen LogP contribution in [-0.4, -0.2) is 28.3 Å². The third kappa shape index (κ3) is 4.07. The molecule has 1 aromatic rings. The lowest BCUT2D eigenvalue weighted by Crippen LogP contribution is -2.10. The molecule has 17 heavy (non-hydrogen) atoms. The first kappa shape index (κ1) is 13.5. The molecule has 92 valence electrons. The lowest BCUT2D eigenvalue weighted by Gasteiger charge is -2.05. The molecular formula is C11H15N3O2S. The van der Waals surface area contributed by atoms with Crippen LogP contribution in [0, 0.1) is 0 Å². The second kappa shape index (κ2) is 6.90. The van der Waals surface area contributed by atoms with Gasteiger partial charge >= 0.3 is 5.97 Å². The van der Waals surface area contributed by atoms with Gasteiger partial charge in [-0.2, -0.15) is 0 Å². The van der Waals surface area contributed by atoms with Gasteiger partial charge < -0.3 is 10.5 Å². The summed E-state index contributed by atoms with van der Waals surface area (Å²) in [7, 11) is 0. The molecule has 0 spiro atoms. The van der Waals surface area contributed by atoms with Crippen LogP contribution in [0.5, 0.6) is 0 Å². The number of anilines is 1. The zero-order valence-electron chi connectivity index (χ0n) is 9.84. The first-order chi connectivity index (χ1) is 8.19. The van der Waals surface area contributed by atoms with Crippen molar-refractivity contribution in [1.82, 2.24) is 9.97 Å². The summed E-state index contributed by atoms with van der Waals surface area (Å²) in [6, 6.07) is 0. The first-order valence-corrected chi connectivity index (χ1v) is 6.21. The summed E-state index contributed by atoms with van der Waals surface area (Å²) in [5, 5.41) is 0.550. The largest absolute Gasteiger partial charge is 0.462 e. The van der Waals surface area contributed by atoms with Crippen LogP contribution in [0.25, 0.3) is 0 Å². The minimum absolute atomic E-state index is 0.154. The van der Waals surface area contributed by atoms with Gasteiger partial charge in [-0.05, 0) is 13.8 Å². The molecule has 0 aliphatic heterocycles. The van der Waals surface area contributed by atoms with Crippen molar-refractivity contribution in [3.05, 3.63) is 23.9 Å². The zero-order valence-corrected chi connectivity index (χ0v) is 10.7. The quantitative estimate of drug-likeness (QED) is 0.374. The molecule has 5 nitrogen and oxygen atoms in total. The Morgan fingerprint density at radius 3 is 3.00 bits per heavy atom. The summed E-state index contributed by atoms with van der Waals surface area (Å²) in [5.74, 6) is 0.436. The summed E-state index contributed by atoms with van der Waals surface area (Å²) in [6.45, 7) is 3.98. The molecular weight excluding hydrogens is 238 g/mol. The number of allylic oxidation sites excluding steroid dienone is 1. The minimum Gasteiger partial charge on any atom is -0.462 e. The highest BCUT2D eigenvalue weighted by Gasteiger charge is 2.13. The SMILES string of the molecule is C/C=C/CSc1ncc(C(=O)OCC)c(N)n1. The lowest BCUT2D eigenvalue weighted by atomic mass is 10.3. The maximum atomic E-state index is 11.4. The van der Waals surface area contributed by atoms with Crippen molar-refractivity contribution in [2.45, 2.75) is 19.0 Å². The zero-order chi connectivity index (χ0) is 12.7. The Morgan fingerprint density at radius 2 is 2.41 bits per heavy atom. The number of hydrogen-bond donors (Lipinski definition) is 1. The van der Waals surface area contributed by atoms with E-state index in [1.54, 1.807) is 6.92 Å². The van der Waals surface area contributed by atoms with E-state index >= 15 is 0 Å². The number of carbonyl (C=O) groups excluding carboxylic acids is 1. The Hall–Kier alpha value is -1.56. The molecule has 1 heterocycles. The van der Waals surface area contributed by atoms with Gasteiger partial charge in [-0.3, -0.25) is 0 Å². The predicted molar refractivity (Wildman–Crippen MR) is 67.9 cm³/mol. The van der Waals surface area contributed by atoms with Crippen molar-refractivity contribution in [3.63, 3.8) is 0 Å². The van der Waals surface area contributed by atoms with E-state index in [-0.39, 0.29) is 11.4 Å². The first-order valence-electron chi connectivity index (χ1n) is 5.22. The maximum Gasteiger partial charge on any atom is 0.343 e. The molecule has 1 rings (SSSR count). The molecule has 0 amide bonds. The van der Waals surface area contributed by atoms with Gasteiger partial charge in [-0.25, -0.2) is 14.8 Å². The number of hydrogen-bond acceptors (Lipinski definition) is 6. The predicted octanol–water partition coefficient (Wildman–Crippen LogP) is 1.90. The van der Waals surface area contributed by atoms with E-state index in [0.29, 0.717) is 11.8 Å². The fraction of sp³-hybridized carbons (Fsp3) is 0.364. The van der Waals surface area contributed by atoms with Gasteiger partial charge in [-0.1, -0.05) is 23.9 Å². The van der Waals surface area contributed by atoms with E-state index in [0.717, 1.165) is 5.75 Å². The fourth-order valence-corrected chi connectivity index (χ4v) is 1.76. The molecule has 0 radical (unpaired) electrons. The Morgan fingerprint density at radius 1 is 1.65 bits per heavy atom. The van der Waals surface area contributed by atoms with Gasteiger partial charge in [0.05, 0.1) is 6.61 Å². The van der Waals surface area contributed by atoms with Crippen molar-refractivity contribution in [2.75, 3.05) is 18.1 Å². The van der Waals surface area contributed by atoms with E-state index in [9.17, 15) is 4.79 Å². The molecule has 0 atom stereocenters. The van der Waals surface area contributed by atoms with Crippen LogP contribution in [0.4, 0.5) is 5.82 Å². The summed E-state index contributed by atoms with van der Waals surface area (Å²) in [4.78, 5) is 19.5. The lowest BCUT2D eigenvalue weighted by molar-refractivity contribution is 0.0526. The Labute approximate surface area is 104 Å². The highest BCUT2D eigenvalue weighted by Crippen LogP contribution is 2.16. The van der Waals surface area contributed by atoms with E-state index < -0.39 is 5.97 Å². The molecule has 0 bridgehead atoms. The number of thioether (sulfide) groups is 1. The van der Waals surface area contributed by atoms with E-state index in [2.05, 4.69) is 9.97 Å². The number of nitrogens with zero attached hydrogens (tertiary/aromatic N) is 2. The molecule has 2 N–H and O–H groups in total. The third-order valence-corrected chi connectivity index (χ3v) is 2.65. The van der Waals surface area contributed by atoms with Crippen molar-refractivity contribution < 1.29 is 9.53 Å². The van der Waals surface area contributed by atoms with Gasteiger partial charge in [-0.15, -0.1) is 0 Å². The van der Waals surface area contributed by atoms with E-state index in [1.165, 1.54) is 18.0 Å². The topological polar surface area (TPSA) is 78.1 Å². The summed E-state index contributed by atoms with van der Waals surface area (Å²) in [5.41, 5.74) is 5.88. The number of ether oxygens (including phenoxy) is 1. The highest BCUT2D eigenvalue weighted by atomic mass is 32.2. The number of aromatic nitrogens is 2. The van der Waals surface area contributed by atoms with Crippen LogP contribution in [0.15, 0.2) is 23.5 Å². The van der Waals surface area contributed by atoms with Gasteiger partial charge in [0.25, 0.3) is 0 Å². The molecule has 0 aliphatic rings. The van der Waals surface area contributed by atoms with Crippen LogP contribution in [0.2, 0.25) is 0 Å². The fourth-order valence-electron chi connectivity index (χ4n) is 1.03. The van der Waals surface area contributed by atoms with E-state index in [4.69, 9.17) is 10.5 Å². The molecule has 0 unspecified atom stereocenters. The van der Waals surface area contributed by atoms with E-state index in [1.807, 2.05) is 19.1 Å². The van der Waals surface area contributed by atoms with Gasteiger partial charge in [0.1, 0.15) is 11.4 Å². The monoisotopic (exact) mass is 253 g/mol. The Kier molecular flexibility index (Phi) is 5.48. The minimum atomic E-state index is -0.491. The standard InChI is InChI=1S/C11H15N3O2S/c1-3-5-6-17-11-13-7-8(9(12)14-11)10(15)16-4-2/h3,5,7H,4,6H2,1-2H3,(H2,12,13,14)/b5-3+. The third-order valence-electron chi connectivity index (χ3n) is 1.84. The Balaban J connectivity index is 2.75. The number of esters is 1. The molecule has 0 aromatic carbocycles. The van der Waals surface area contributed by atoms with Crippen molar-refractivity contribution in [3.8, 4) is 0 Å². The summed E-state index contributed by atoms with van der Waals surface area (Å²) >= 11 is 1.45. The van der Waals surface area contributed by atoms with Crippen LogP contribution < -0.4 is 5.73 Å². The van der Waals surface area contributed by atoms with Crippen LogP contribution >= 0.6 is 11.8 Å². The smallest absolute Gasteiger partial charge is 0.343 e. The number of nitrogens with two attached hydrogens (primary N) is 1. The maximum absolute atomic E-state index is 11.4. The molecule has 0 fully saturated rings. The molecule has 0 saturated heterocycles. The van der Waals surface area contributed by atoms with Gasteiger partial charge in [0.15, 0.2) is 5.16 Å². The second-order valence-corrected chi connectivity index (χ2v) is 4.04. The van der Waals surface area contributed by atoms with Gasteiger partial charge in [0, 0.05) is 11.9 Å². The molecule has 1 aromatic heterocycles. The molecule has 0 aliphatic carbocycles. The number of carbonyl (C=O) groups is 1. The second-order valence-electron chi connectivity index (χ2n) is 3.05. The average Bonchev–Trinajstić information content (AvgIpc) is 2.29. The molecule has 0 saturated carbocycles. The number of rotatable bonds is 5. The van der Waals surface area contributed by atoms with Crippen LogP contribution in [0.1, 0.15) is 24.2 Å². The normalized spacial score (nSPS) is 10.7. The summed E-state index contributed by atoms with van der Waals surface area (Å²) < 4.78 is 4.83. The van der Waals surface area contributed by atoms with Crippen molar-refractivity contribution in [1.29, 1.82) is 0 Å². The Bertz CT molecular complexity index is 421. The van der Waals surface area contributed by atoms with Crippen LogP contribution in [-0.2, 0) is 4.74 Å². The molecule has 6 heteroatoms. The van der Waals surface area contributed by atoms with Crippen LogP contribution in [0.3, 0.4) is 0 Å². The van der Waals surface area contributed by atoms with Gasteiger partial charge in [0.2, 0.25) is 0 Å². The van der Waals surface area contributed by atoms with Crippen molar-refractivity contribution >= 4 is 23.5 Å². The van der Waals surface area contributed by atoms with Crippen molar-refractivity contribution in [2.24, 2.45) is 0 Å². The highest BCUT2D eigenvalue weighted by molar-refractivity contribution is 7.99. The summed E-state index contributed by atoms with van der Waals surface area (Å²) in [6.07, 6.45) is 5.34.